The highest BCUT2D eigenvalue weighted by atomic mass is 16.5. The zero-order valence-corrected chi connectivity index (χ0v) is 15.4. The molecule has 0 fully saturated rings. The van der Waals surface area contributed by atoms with Gasteiger partial charge in [0, 0.05) is 22.4 Å². The van der Waals surface area contributed by atoms with Gasteiger partial charge in [-0.3, -0.25) is 4.79 Å². The van der Waals surface area contributed by atoms with Crippen LogP contribution in [-0.2, 0) is 14.3 Å². The molecule has 140 valence electrons. The van der Waals surface area contributed by atoms with Crippen molar-refractivity contribution in [1.82, 2.24) is 5.32 Å². The zero-order chi connectivity index (χ0) is 20.1. The second-order valence-electron chi connectivity index (χ2n) is 6.25. The number of anilines is 1. The third kappa shape index (κ3) is 3.79. The molecule has 0 aliphatic carbocycles. The van der Waals surface area contributed by atoms with Crippen molar-refractivity contribution in [3.05, 3.63) is 71.8 Å². The molecular weight excluding hydrogens is 354 g/mol. The molecule has 2 N–H and O–H groups in total. The van der Waals surface area contributed by atoms with Gasteiger partial charge in [0.05, 0.1) is 12.2 Å². The first-order chi connectivity index (χ1) is 13.5. The van der Waals surface area contributed by atoms with E-state index in [-0.39, 0.29) is 24.3 Å². The average molecular weight is 373 g/mol. The molecule has 0 atom stereocenters. The third-order valence-electron chi connectivity index (χ3n) is 4.23. The molecule has 0 aromatic heterocycles. The molecule has 0 saturated carbocycles. The molecule has 6 nitrogen and oxygen atoms in total. The fourth-order valence-electron chi connectivity index (χ4n) is 2.90. The SMILES string of the molecule is C=C(C)C(=O)OCCNC(=O)/C(C#N)=C1/Nc2ccccc2-c2ccccc21. The van der Waals surface area contributed by atoms with E-state index < -0.39 is 11.9 Å². The summed E-state index contributed by atoms with van der Waals surface area (Å²) in [6, 6.07) is 17.3. The van der Waals surface area contributed by atoms with Crippen LogP contribution in [0, 0.1) is 11.3 Å². The van der Waals surface area contributed by atoms with Gasteiger partial charge >= 0.3 is 5.97 Å². The minimum absolute atomic E-state index is 0.00166. The van der Waals surface area contributed by atoms with Crippen molar-refractivity contribution >= 4 is 23.3 Å². The number of nitrogens with one attached hydrogen (secondary N) is 2. The topological polar surface area (TPSA) is 91.2 Å². The van der Waals surface area contributed by atoms with Crippen LogP contribution >= 0.6 is 0 Å². The molecular formula is C22H19N3O3. The number of para-hydroxylation sites is 1. The highest BCUT2D eigenvalue weighted by Crippen LogP contribution is 2.40. The van der Waals surface area contributed by atoms with Crippen LogP contribution in [0.4, 0.5) is 5.69 Å². The number of fused-ring (bicyclic) bond motifs is 3. The molecule has 28 heavy (non-hydrogen) atoms. The molecule has 0 spiro atoms. The van der Waals surface area contributed by atoms with Gasteiger partial charge < -0.3 is 15.4 Å². The summed E-state index contributed by atoms with van der Waals surface area (Å²) in [5, 5.41) is 15.5. The molecule has 0 unspecified atom stereocenters. The normalized spacial score (nSPS) is 13.1. The lowest BCUT2D eigenvalue weighted by molar-refractivity contribution is -0.139. The standard InChI is InChI=1S/C22H19N3O3/c1-14(2)22(27)28-12-11-24-21(26)18(13-23)20-17-9-4-3-7-15(17)16-8-5-6-10-19(16)25-20/h3-10,25H,1,11-12H2,2H3,(H,24,26)/b20-18+. The zero-order valence-electron chi connectivity index (χ0n) is 15.4. The Morgan fingerprint density at radius 3 is 2.43 bits per heavy atom. The van der Waals surface area contributed by atoms with E-state index in [9.17, 15) is 14.9 Å². The maximum Gasteiger partial charge on any atom is 0.333 e. The summed E-state index contributed by atoms with van der Waals surface area (Å²) in [6.45, 7) is 5.13. The van der Waals surface area contributed by atoms with Crippen molar-refractivity contribution in [3.63, 3.8) is 0 Å². The maximum atomic E-state index is 12.6. The monoisotopic (exact) mass is 373 g/mol. The molecule has 6 heteroatoms. The molecule has 3 rings (SSSR count). The lowest BCUT2D eigenvalue weighted by Crippen LogP contribution is -2.30. The lowest BCUT2D eigenvalue weighted by Gasteiger charge is -2.24. The van der Waals surface area contributed by atoms with Crippen molar-refractivity contribution in [2.75, 3.05) is 18.5 Å². The van der Waals surface area contributed by atoms with E-state index >= 15 is 0 Å². The van der Waals surface area contributed by atoms with Crippen LogP contribution < -0.4 is 10.6 Å². The Labute approximate surface area is 163 Å². The second kappa shape index (κ2) is 8.23. The second-order valence-corrected chi connectivity index (χ2v) is 6.25. The number of amides is 1. The number of carbonyl (C=O) groups is 2. The molecule has 2 aromatic rings. The first-order valence-corrected chi connectivity index (χ1v) is 8.74. The van der Waals surface area contributed by atoms with Crippen LogP contribution in [0.3, 0.4) is 0 Å². The minimum Gasteiger partial charge on any atom is -0.460 e. The molecule has 0 bridgehead atoms. The quantitative estimate of drug-likeness (QED) is 0.363. The van der Waals surface area contributed by atoms with Gasteiger partial charge in [0.25, 0.3) is 5.91 Å². The number of benzene rings is 2. The minimum atomic E-state index is -0.537. The predicted octanol–water partition coefficient (Wildman–Crippen LogP) is 3.25. The van der Waals surface area contributed by atoms with Crippen LogP contribution in [0.15, 0.2) is 66.3 Å². The van der Waals surface area contributed by atoms with Crippen LogP contribution in [0.1, 0.15) is 12.5 Å². The van der Waals surface area contributed by atoms with Crippen LogP contribution in [-0.4, -0.2) is 25.0 Å². The Hall–Kier alpha value is -3.85. The molecule has 0 radical (unpaired) electrons. The highest BCUT2D eigenvalue weighted by molar-refractivity contribution is 6.10. The first kappa shape index (κ1) is 18.9. The number of hydrogen-bond donors (Lipinski definition) is 2. The predicted molar refractivity (Wildman–Crippen MR) is 107 cm³/mol. The highest BCUT2D eigenvalue weighted by Gasteiger charge is 2.24. The smallest absolute Gasteiger partial charge is 0.333 e. The number of hydrogen-bond acceptors (Lipinski definition) is 5. The van der Waals surface area contributed by atoms with Gasteiger partial charge in [-0.15, -0.1) is 0 Å². The Bertz CT molecular complexity index is 1030. The Morgan fingerprint density at radius 1 is 1.11 bits per heavy atom. The molecule has 2 aromatic carbocycles. The van der Waals surface area contributed by atoms with E-state index in [1.54, 1.807) is 6.92 Å². The summed E-state index contributed by atoms with van der Waals surface area (Å²) in [5.74, 6) is -1.06. The summed E-state index contributed by atoms with van der Waals surface area (Å²) in [5.41, 5.74) is 4.26. The summed E-state index contributed by atoms with van der Waals surface area (Å²) in [6.07, 6.45) is 0. The number of ether oxygens (including phenoxy) is 1. The average Bonchev–Trinajstić information content (AvgIpc) is 2.71. The van der Waals surface area contributed by atoms with E-state index in [1.165, 1.54) is 0 Å². The van der Waals surface area contributed by atoms with Gasteiger partial charge in [-0.05, 0) is 18.6 Å². The van der Waals surface area contributed by atoms with E-state index in [0.717, 1.165) is 22.4 Å². The molecule has 1 aliphatic heterocycles. The number of rotatable bonds is 5. The molecule has 1 amide bonds. The largest absolute Gasteiger partial charge is 0.460 e. The molecule has 0 saturated heterocycles. The van der Waals surface area contributed by atoms with Gasteiger partial charge in [-0.1, -0.05) is 49.0 Å². The van der Waals surface area contributed by atoms with E-state index in [0.29, 0.717) is 5.70 Å². The maximum absolute atomic E-state index is 12.6. The summed E-state index contributed by atoms with van der Waals surface area (Å²) in [7, 11) is 0. The van der Waals surface area contributed by atoms with Crippen molar-refractivity contribution in [2.45, 2.75) is 6.92 Å². The Morgan fingerprint density at radius 2 is 1.75 bits per heavy atom. The van der Waals surface area contributed by atoms with Gasteiger partial charge in [0.2, 0.25) is 0 Å². The molecule has 1 aliphatic rings. The van der Waals surface area contributed by atoms with E-state index in [1.807, 2.05) is 54.6 Å². The third-order valence-corrected chi connectivity index (χ3v) is 4.23. The number of nitriles is 1. The Kier molecular flexibility index (Phi) is 5.56. The van der Waals surface area contributed by atoms with Gasteiger partial charge in [-0.2, -0.15) is 5.26 Å². The van der Waals surface area contributed by atoms with Crippen molar-refractivity contribution in [1.29, 1.82) is 5.26 Å². The number of esters is 1. The van der Waals surface area contributed by atoms with Crippen molar-refractivity contribution in [3.8, 4) is 17.2 Å². The van der Waals surface area contributed by atoms with E-state index in [2.05, 4.69) is 17.2 Å². The van der Waals surface area contributed by atoms with E-state index in [4.69, 9.17) is 4.74 Å². The van der Waals surface area contributed by atoms with Crippen LogP contribution in [0.25, 0.3) is 16.8 Å². The van der Waals surface area contributed by atoms with Crippen LogP contribution in [0.2, 0.25) is 0 Å². The van der Waals surface area contributed by atoms with Crippen LogP contribution in [0.5, 0.6) is 0 Å². The van der Waals surface area contributed by atoms with Crippen molar-refractivity contribution < 1.29 is 14.3 Å². The summed E-state index contributed by atoms with van der Waals surface area (Å²) < 4.78 is 4.95. The fourth-order valence-corrected chi connectivity index (χ4v) is 2.90. The Balaban J connectivity index is 1.85. The van der Waals surface area contributed by atoms with Gasteiger partial charge in [0.1, 0.15) is 18.2 Å². The fraction of sp³-hybridized carbons (Fsp3) is 0.136. The van der Waals surface area contributed by atoms with Gasteiger partial charge in [-0.25, -0.2) is 4.79 Å². The summed E-state index contributed by atoms with van der Waals surface area (Å²) >= 11 is 0. The van der Waals surface area contributed by atoms with Crippen molar-refractivity contribution in [2.24, 2.45) is 0 Å². The number of carbonyl (C=O) groups excluding carboxylic acids is 2. The lowest BCUT2D eigenvalue weighted by atomic mass is 9.90. The number of nitrogens with zero attached hydrogens (tertiary/aromatic N) is 1. The molecule has 1 heterocycles. The van der Waals surface area contributed by atoms with Gasteiger partial charge in [0.15, 0.2) is 0 Å². The summed E-state index contributed by atoms with van der Waals surface area (Å²) in [4.78, 5) is 24.0. The first-order valence-electron chi connectivity index (χ1n) is 8.74.